The van der Waals surface area contributed by atoms with E-state index >= 15 is 0 Å². The van der Waals surface area contributed by atoms with Crippen molar-refractivity contribution in [2.24, 2.45) is 5.14 Å². The van der Waals surface area contributed by atoms with Gasteiger partial charge in [-0.1, -0.05) is 0 Å². The van der Waals surface area contributed by atoms with Crippen molar-refractivity contribution in [2.45, 2.75) is 17.1 Å². The van der Waals surface area contributed by atoms with Crippen molar-refractivity contribution in [3.8, 4) is 0 Å². The molecule has 13 heteroatoms. The predicted molar refractivity (Wildman–Crippen MR) is 91.6 cm³/mol. The van der Waals surface area contributed by atoms with Crippen molar-refractivity contribution in [3.05, 3.63) is 29.6 Å². The van der Waals surface area contributed by atoms with Gasteiger partial charge in [-0.2, -0.15) is 13.2 Å². The number of amides is 1. The second-order valence-electron chi connectivity index (χ2n) is 5.74. The molecule has 1 amide bonds. The van der Waals surface area contributed by atoms with Crippen LogP contribution in [0.2, 0.25) is 0 Å². The van der Waals surface area contributed by atoms with Gasteiger partial charge in [-0.3, -0.25) is 9.69 Å². The average molecular weight is 435 g/mol. The molecular formula is C14H19ClF4N4O3S. The van der Waals surface area contributed by atoms with Crippen LogP contribution in [-0.4, -0.2) is 64.2 Å². The first kappa shape index (κ1) is 23.6. The molecule has 1 atom stereocenters. The van der Waals surface area contributed by atoms with E-state index in [1.165, 1.54) is 4.90 Å². The number of halogens is 5. The molecule has 0 spiro atoms. The highest BCUT2D eigenvalue weighted by molar-refractivity contribution is 7.89. The smallest absolute Gasteiger partial charge is 0.350 e. The van der Waals surface area contributed by atoms with Crippen LogP contribution >= 0.6 is 12.4 Å². The third-order valence-corrected chi connectivity index (χ3v) is 4.87. The first-order valence-corrected chi connectivity index (χ1v) is 9.17. The number of carbonyl (C=O) groups excluding carboxylic acids is 1. The van der Waals surface area contributed by atoms with Crippen LogP contribution in [0.25, 0.3) is 0 Å². The highest BCUT2D eigenvalue weighted by Gasteiger charge is 2.43. The fraction of sp³-hybridized carbons (Fsp3) is 0.500. The summed E-state index contributed by atoms with van der Waals surface area (Å²) in [6.45, 7) is 0.456. The van der Waals surface area contributed by atoms with E-state index in [2.05, 4.69) is 10.6 Å². The van der Waals surface area contributed by atoms with E-state index in [1.54, 1.807) is 0 Å². The largest absolute Gasteiger partial charge is 0.405 e. The first-order valence-electron chi connectivity index (χ1n) is 7.62. The summed E-state index contributed by atoms with van der Waals surface area (Å²) < 4.78 is 75.8. The second-order valence-corrected chi connectivity index (χ2v) is 7.27. The second kappa shape index (κ2) is 9.15. The summed E-state index contributed by atoms with van der Waals surface area (Å²) in [5.41, 5.74) is -0.309. The lowest BCUT2D eigenvalue weighted by Crippen LogP contribution is -2.57. The van der Waals surface area contributed by atoms with Gasteiger partial charge in [-0.15, -0.1) is 12.4 Å². The fourth-order valence-corrected chi connectivity index (χ4v) is 3.20. The summed E-state index contributed by atoms with van der Waals surface area (Å²) >= 11 is 0. The minimum atomic E-state index is -4.55. The number of nitrogens with zero attached hydrogens (tertiary/aromatic N) is 1. The van der Waals surface area contributed by atoms with Gasteiger partial charge in [0.2, 0.25) is 10.0 Å². The van der Waals surface area contributed by atoms with Gasteiger partial charge < -0.3 is 10.6 Å². The monoisotopic (exact) mass is 434 g/mol. The maximum atomic E-state index is 13.8. The Bertz CT molecular complexity index is 770. The van der Waals surface area contributed by atoms with E-state index in [-0.39, 0.29) is 31.1 Å². The van der Waals surface area contributed by atoms with Gasteiger partial charge in [0.1, 0.15) is 16.8 Å². The number of nitrogens with two attached hydrogens (primary N) is 1. The van der Waals surface area contributed by atoms with Gasteiger partial charge in [0, 0.05) is 38.3 Å². The van der Waals surface area contributed by atoms with Gasteiger partial charge in [0.15, 0.2) is 0 Å². The van der Waals surface area contributed by atoms with Crippen molar-refractivity contribution in [1.82, 2.24) is 15.5 Å². The molecule has 7 nitrogen and oxygen atoms in total. The highest BCUT2D eigenvalue weighted by atomic mass is 35.5. The average Bonchev–Trinajstić information content (AvgIpc) is 2.53. The molecule has 1 aliphatic heterocycles. The summed E-state index contributed by atoms with van der Waals surface area (Å²) in [5, 5.41) is 9.87. The quantitative estimate of drug-likeness (QED) is 0.584. The van der Waals surface area contributed by atoms with Gasteiger partial charge in [0.05, 0.1) is 0 Å². The number of rotatable bonds is 5. The SMILES string of the molecule is Cl.NS(=O)(=O)c1ccc(C(=O)NCC(N2CCNCC2)C(F)(F)F)cc1F. The van der Waals surface area contributed by atoms with E-state index in [4.69, 9.17) is 5.14 Å². The lowest BCUT2D eigenvalue weighted by Gasteiger charge is -2.35. The highest BCUT2D eigenvalue weighted by Crippen LogP contribution is 2.25. The Morgan fingerprint density at radius 1 is 1.30 bits per heavy atom. The number of hydrogen-bond donors (Lipinski definition) is 3. The van der Waals surface area contributed by atoms with Crippen molar-refractivity contribution in [2.75, 3.05) is 32.7 Å². The summed E-state index contributed by atoms with van der Waals surface area (Å²) in [5.74, 6) is -2.20. The van der Waals surface area contributed by atoms with E-state index in [0.29, 0.717) is 19.2 Å². The molecule has 0 aliphatic carbocycles. The van der Waals surface area contributed by atoms with Crippen LogP contribution in [0.5, 0.6) is 0 Å². The molecular weight excluding hydrogens is 416 g/mol. The molecule has 1 saturated heterocycles. The number of benzene rings is 1. The lowest BCUT2D eigenvalue weighted by molar-refractivity contribution is -0.183. The number of sulfonamides is 1. The molecule has 0 saturated carbocycles. The molecule has 2 rings (SSSR count). The predicted octanol–water partition coefficient (Wildman–Crippen LogP) is 0.461. The van der Waals surface area contributed by atoms with Crippen LogP contribution in [-0.2, 0) is 10.0 Å². The summed E-state index contributed by atoms with van der Waals surface area (Å²) in [6, 6.07) is 0.507. The molecule has 154 valence electrons. The zero-order valence-corrected chi connectivity index (χ0v) is 15.6. The molecule has 27 heavy (non-hydrogen) atoms. The number of primary sulfonamides is 1. The summed E-state index contributed by atoms with van der Waals surface area (Å²) in [4.78, 5) is 12.4. The molecule has 1 heterocycles. The van der Waals surface area contributed by atoms with E-state index in [1.807, 2.05) is 0 Å². The molecule has 1 aromatic rings. The molecule has 1 unspecified atom stereocenters. The third-order valence-electron chi connectivity index (χ3n) is 3.93. The van der Waals surface area contributed by atoms with E-state index in [0.717, 1.165) is 12.1 Å². The molecule has 1 aromatic carbocycles. The van der Waals surface area contributed by atoms with Gasteiger partial charge in [0.25, 0.3) is 5.91 Å². The van der Waals surface area contributed by atoms with Crippen molar-refractivity contribution >= 4 is 28.3 Å². The Labute approximate surface area is 159 Å². The summed E-state index contributed by atoms with van der Waals surface area (Å²) in [6.07, 6.45) is -4.55. The van der Waals surface area contributed by atoms with Crippen LogP contribution in [0.1, 0.15) is 10.4 Å². The van der Waals surface area contributed by atoms with E-state index < -0.39 is 45.4 Å². The van der Waals surface area contributed by atoms with Crippen molar-refractivity contribution < 1.29 is 30.8 Å². The fourth-order valence-electron chi connectivity index (χ4n) is 2.61. The number of alkyl halides is 3. The van der Waals surface area contributed by atoms with Crippen LogP contribution in [0.15, 0.2) is 23.1 Å². The molecule has 4 N–H and O–H groups in total. The zero-order chi connectivity index (χ0) is 19.5. The van der Waals surface area contributed by atoms with Crippen molar-refractivity contribution in [3.63, 3.8) is 0 Å². The minimum absolute atomic E-state index is 0. The molecule has 0 aromatic heterocycles. The van der Waals surface area contributed by atoms with Gasteiger partial charge in [-0.05, 0) is 18.2 Å². The van der Waals surface area contributed by atoms with Crippen LogP contribution in [0.3, 0.4) is 0 Å². The topological polar surface area (TPSA) is 105 Å². The van der Waals surface area contributed by atoms with Crippen molar-refractivity contribution in [1.29, 1.82) is 0 Å². The number of carbonyl (C=O) groups is 1. The summed E-state index contributed by atoms with van der Waals surface area (Å²) in [7, 11) is -4.30. The molecule has 1 aliphatic rings. The number of nitrogens with one attached hydrogen (secondary N) is 2. The van der Waals surface area contributed by atoms with Crippen LogP contribution < -0.4 is 15.8 Å². The maximum absolute atomic E-state index is 13.8. The third kappa shape index (κ3) is 6.28. The van der Waals surface area contributed by atoms with Gasteiger partial charge in [-0.25, -0.2) is 17.9 Å². The minimum Gasteiger partial charge on any atom is -0.350 e. The zero-order valence-electron chi connectivity index (χ0n) is 13.9. The van der Waals surface area contributed by atoms with Crippen LogP contribution in [0, 0.1) is 5.82 Å². The Morgan fingerprint density at radius 3 is 2.37 bits per heavy atom. The molecule has 0 radical (unpaired) electrons. The van der Waals surface area contributed by atoms with Crippen LogP contribution in [0.4, 0.5) is 17.6 Å². The Kier molecular flexibility index (Phi) is 7.99. The Balaban J connectivity index is 0.00000364. The standard InChI is InChI=1S/C14H18F4N4O3S.ClH/c15-10-7-9(1-2-11(10)26(19,24)25)13(23)21-8-12(14(16,17)18)22-5-3-20-4-6-22;/h1-2,7,12,20H,3-6,8H2,(H,21,23)(H2,19,24,25);1H. The first-order chi connectivity index (χ1) is 12.0. The lowest BCUT2D eigenvalue weighted by atomic mass is 10.1. The number of piperazine rings is 1. The Morgan fingerprint density at radius 2 is 1.89 bits per heavy atom. The molecule has 1 fully saturated rings. The maximum Gasteiger partial charge on any atom is 0.405 e. The molecule has 0 bridgehead atoms. The normalized spacial score (nSPS) is 17.1. The number of hydrogen-bond acceptors (Lipinski definition) is 5. The van der Waals surface area contributed by atoms with Gasteiger partial charge >= 0.3 is 6.18 Å². The van der Waals surface area contributed by atoms with E-state index in [9.17, 15) is 30.8 Å². The Hall–Kier alpha value is -1.47.